The quantitative estimate of drug-likeness (QED) is 0.848. The molecule has 2 bridgehead atoms. The van der Waals surface area contributed by atoms with Crippen LogP contribution in [0.25, 0.3) is 11.4 Å². The molecule has 4 nitrogen and oxygen atoms in total. The second-order valence-electron chi connectivity index (χ2n) is 6.95. The summed E-state index contributed by atoms with van der Waals surface area (Å²) in [6.45, 7) is 3.90. The van der Waals surface area contributed by atoms with Gasteiger partial charge in [-0.1, -0.05) is 13.8 Å². The van der Waals surface area contributed by atoms with Crippen LogP contribution in [0.15, 0.2) is 30.5 Å². The second kappa shape index (κ2) is 5.65. The van der Waals surface area contributed by atoms with Gasteiger partial charge in [0.25, 0.3) is 0 Å². The summed E-state index contributed by atoms with van der Waals surface area (Å²) in [5.41, 5.74) is 2.92. The van der Waals surface area contributed by atoms with Crippen LogP contribution < -0.4 is 0 Å². The highest BCUT2D eigenvalue weighted by molar-refractivity contribution is 5.79. The van der Waals surface area contributed by atoms with Crippen LogP contribution in [-0.4, -0.2) is 26.8 Å². The molecule has 4 rings (SSSR count). The molecule has 0 aliphatic carbocycles. The molecule has 1 aromatic heterocycles. The smallest absolute Gasteiger partial charge is 0.225 e. The van der Waals surface area contributed by atoms with E-state index in [0.29, 0.717) is 5.82 Å². The fraction of sp³-hybridized carbons (Fsp3) is 0.421. The van der Waals surface area contributed by atoms with Gasteiger partial charge in [0.05, 0.1) is 11.7 Å². The van der Waals surface area contributed by atoms with E-state index in [1.807, 2.05) is 24.9 Å². The fourth-order valence-electron chi connectivity index (χ4n) is 3.85. The number of carbonyl (C=O) groups excluding carboxylic acids is 1. The topological polar surface area (TPSA) is 46.1 Å². The molecule has 1 amide bonds. The molecule has 0 saturated carbocycles. The third kappa shape index (κ3) is 2.39. The molecule has 2 atom stereocenters. The third-order valence-electron chi connectivity index (χ3n) is 5.04. The van der Waals surface area contributed by atoms with Crippen molar-refractivity contribution in [3.63, 3.8) is 0 Å². The highest BCUT2D eigenvalue weighted by Gasteiger charge is 2.43. The summed E-state index contributed by atoms with van der Waals surface area (Å²) in [6, 6.07) is 6.59. The minimum Gasteiger partial charge on any atom is -0.332 e. The van der Waals surface area contributed by atoms with Gasteiger partial charge in [-0.25, -0.2) is 14.4 Å². The van der Waals surface area contributed by atoms with Crippen molar-refractivity contribution in [1.82, 2.24) is 14.9 Å². The van der Waals surface area contributed by atoms with E-state index in [2.05, 4.69) is 4.98 Å². The SMILES string of the molecule is CC(C)C(=O)N1C2CCC1c1cnc(-c3ccc(F)cc3)nc1C2. The summed E-state index contributed by atoms with van der Waals surface area (Å²) in [5, 5.41) is 0. The average Bonchev–Trinajstić information content (AvgIpc) is 2.89. The fourth-order valence-corrected chi connectivity index (χ4v) is 3.85. The molecule has 3 heterocycles. The van der Waals surface area contributed by atoms with Gasteiger partial charge in [-0.15, -0.1) is 0 Å². The Morgan fingerprint density at radius 1 is 1.25 bits per heavy atom. The third-order valence-corrected chi connectivity index (χ3v) is 5.04. The van der Waals surface area contributed by atoms with Gasteiger partial charge in [0.15, 0.2) is 5.82 Å². The lowest BCUT2D eigenvalue weighted by atomic mass is 9.97. The Balaban J connectivity index is 1.70. The van der Waals surface area contributed by atoms with Crippen molar-refractivity contribution in [2.75, 3.05) is 0 Å². The molecule has 0 spiro atoms. The zero-order valence-electron chi connectivity index (χ0n) is 13.9. The predicted octanol–water partition coefficient (Wildman–Crippen LogP) is 3.53. The Kier molecular flexibility index (Phi) is 3.59. The van der Waals surface area contributed by atoms with Gasteiger partial charge in [-0.3, -0.25) is 4.79 Å². The van der Waals surface area contributed by atoms with Crippen LogP contribution in [0, 0.1) is 11.7 Å². The molecule has 1 aromatic carbocycles. The molecular weight excluding hydrogens is 305 g/mol. The van der Waals surface area contributed by atoms with Crippen molar-refractivity contribution < 1.29 is 9.18 Å². The summed E-state index contributed by atoms with van der Waals surface area (Å²) in [4.78, 5) is 23.8. The number of halogens is 1. The molecule has 2 unspecified atom stereocenters. The van der Waals surface area contributed by atoms with Gasteiger partial charge in [0.2, 0.25) is 5.91 Å². The average molecular weight is 325 g/mol. The van der Waals surface area contributed by atoms with Gasteiger partial charge in [-0.2, -0.15) is 0 Å². The summed E-state index contributed by atoms with van der Waals surface area (Å²) < 4.78 is 13.1. The van der Waals surface area contributed by atoms with E-state index in [1.165, 1.54) is 12.1 Å². The molecule has 124 valence electrons. The van der Waals surface area contributed by atoms with E-state index in [1.54, 1.807) is 12.1 Å². The largest absolute Gasteiger partial charge is 0.332 e. The first-order chi connectivity index (χ1) is 11.5. The normalized spacial score (nSPS) is 21.9. The molecular formula is C19H20FN3O. The highest BCUT2D eigenvalue weighted by Crippen LogP contribution is 2.43. The van der Waals surface area contributed by atoms with Crippen LogP contribution in [0.1, 0.15) is 44.0 Å². The first-order valence-corrected chi connectivity index (χ1v) is 8.48. The number of nitrogens with zero attached hydrogens (tertiary/aromatic N) is 3. The maximum absolute atomic E-state index is 13.1. The Morgan fingerprint density at radius 2 is 2.00 bits per heavy atom. The van der Waals surface area contributed by atoms with Gasteiger partial charge < -0.3 is 4.90 Å². The number of aromatic nitrogens is 2. The number of benzene rings is 1. The molecule has 2 aliphatic rings. The van der Waals surface area contributed by atoms with Crippen molar-refractivity contribution in [3.05, 3.63) is 47.5 Å². The Labute approximate surface area is 140 Å². The molecule has 5 heteroatoms. The van der Waals surface area contributed by atoms with Crippen molar-refractivity contribution in [1.29, 1.82) is 0 Å². The monoisotopic (exact) mass is 325 g/mol. The van der Waals surface area contributed by atoms with Crippen LogP contribution in [0.5, 0.6) is 0 Å². The molecule has 0 N–H and O–H groups in total. The van der Waals surface area contributed by atoms with Gasteiger partial charge in [-0.05, 0) is 37.1 Å². The van der Waals surface area contributed by atoms with Crippen LogP contribution >= 0.6 is 0 Å². The van der Waals surface area contributed by atoms with E-state index in [-0.39, 0.29) is 29.7 Å². The van der Waals surface area contributed by atoms with Crippen LogP contribution in [-0.2, 0) is 11.2 Å². The predicted molar refractivity (Wildman–Crippen MR) is 88.6 cm³/mol. The molecule has 24 heavy (non-hydrogen) atoms. The van der Waals surface area contributed by atoms with E-state index < -0.39 is 0 Å². The number of fused-ring (bicyclic) bond motifs is 4. The first-order valence-electron chi connectivity index (χ1n) is 8.48. The van der Waals surface area contributed by atoms with E-state index >= 15 is 0 Å². The van der Waals surface area contributed by atoms with Crippen molar-refractivity contribution in [2.24, 2.45) is 5.92 Å². The Hall–Kier alpha value is -2.30. The zero-order valence-corrected chi connectivity index (χ0v) is 13.9. The highest BCUT2D eigenvalue weighted by atomic mass is 19.1. The number of carbonyl (C=O) groups is 1. The molecule has 2 aliphatic heterocycles. The van der Waals surface area contributed by atoms with Gasteiger partial charge in [0.1, 0.15) is 5.82 Å². The van der Waals surface area contributed by atoms with Crippen molar-refractivity contribution in [3.8, 4) is 11.4 Å². The van der Waals surface area contributed by atoms with Crippen LogP contribution in [0.2, 0.25) is 0 Å². The lowest BCUT2D eigenvalue weighted by molar-refractivity contribution is -0.138. The summed E-state index contributed by atoms with van der Waals surface area (Å²) in [7, 11) is 0. The lowest BCUT2D eigenvalue weighted by Crippen LogP contribution is -2.44. The maximum Gasteiger partial charge on any atom is 0.225 e. The Bertz CT molecular complexity index is 788. The van der Waals surface area contributed by atoms with Gasteiger partial charge >= 0.3 is 0 Å². The minimum atomic E-state index is -0.266. The summed E-state index contributed by atoms with van der Waals surface area (Å²) in [6.07, 6.45) is 4.63. The number of rotatable bonds is 2. The van der Waals surface area contributed by atoms with E-state index in [9.17, 15) is 9.18 Å². The second-order valence-corrected chi connectivity index (χ2v) is 6.95. The molecule has 2 aromatic rings. The van der Waals surface area contributed by atoms with Gasteiger partial charge in [0, 0.05) is 35.7 Å². The molecule has 1 saturated heterocycles. The summed E-state index contributed by atoms with van der Waals surface area (Å²) in [5.74, 6) is 0.583. The maximum atomic E-state index is 13.1. The van der Waals surface area contributed by atoms with Crippen molar-refractivity contribution in [2.45, 2.75) is 45.2 Å². The molecule has 1 fully saturated rings. The standard InChI is InChI=1S/C19H20FN3O/c1-11(2)19(24)23-14-7-8-17(23)15-10-21-18(22-16(15)9-14)12-3-5-13(20)6-4-12/h3-6,10-11,14,17H,7-9H2,1-2H3. The van der Waals surface area contributed by atoms with Crippen LogP contribution in [0.4, 0.5) is 4.39 Å². The Morgan fingerprint density at radius 3 is 2.71 bits per heavy atom. The molecule has 0 radical (unpaired) electrons. The first kappa shape index (κ1) is 15.2. The van der Waals surface area contributed by atoms with Crippen LogP contribution in [0.3, 0.4) is 0 Å². The summed E-state index contributed by atoms with van der Waals surface area (Å²) >= 11 is 0. The number of hydrogen-bond acceptors (Lipinski definition) is 3. The zero-order chi connectivity index (χ0) is 16.8. The lowest BCUT2D eigenvalue weighted by Gasteiger charge is -2.36. The number of hydrogen-bond donors (Lipinski definition) is 0. The van der Waals surface area contributed by atoms with E-state index in [4.69, 9.17) is 4.98 Å². The van der Waals surface area contributed by atoms with E-state index in [0.717, 1.165) is 36.1 Å². The number of amides is 1. The minimum absolute atomic E-state index is 0.00839. The van der Waals surface area contributed by atoms with Crippen molar-refractivity contribution >= 4 is 5.91 Å².